The molecule has 0 saturated carbocycles. The van der Waals surface area contributed by atoms with Crippen molar-refractivity contribution in [2.45, 2.75) is 0 Å². The summed E-state index contributed by atoms with van der Waals surface area (Å²) >= 11 is 0. The van der Waals surface area contributed by atoms with Gasteiger partial charge in [-0.25, -0.2) is 4.98 Å². The molecule has 5 rings (SSSR count). The number of H-pyrrole nitrogens is 1. The SMILES string of the molecule is N#Cc1ccc(-c2ccc(-c3ccc(-c4nc5ccc(C#N)cc5[nH]4)o3)o2)cc1. The van der Waals surface area contributed by atoms with Crippen molar-refractivity contribution in [1.82, 2.24) is 9.97 Å². The molecule has 0 bridgehead atoms. The summed E-state index contributed by atoms with van der Waals surface area (Å²) in [4.78, 5) is 7.70. The lowest BCUT2D eigenvalue weighted by atomic mass is 10.1. The summed E-state index contributed by atoms with van der Waals surface area (Å²) in [6, 6.07) is 24.0. The molecule has 0 saturated heterocycles. The van der Waals surface area contributed by atoms with Crippen LogP contribution in [0.2, 0.25) is 0 Å². The highest BCUT2D eigenvalue weighted by Gasteiger charge is 2.14. The summed E-state index contributed by atoms with van der Waals surface area (Å²) in [5.74, 6) is 3.03. The first-order valence-corrected chi connectivity index (χ1v) is 8.84. The summed E-state index contributed by atoms with van der Waals surface area (Å²) in [5, 5.41) is 17.9. The van der Waals surface area contributed by atoms with Crippen molar-refractivity contribution in [3.05, 3.63) is 77.9 Å². The Bertz CT molecular complexity index is 1420. The van der Waals surface area contributed by atoms with Gasteiger partial charge in [-0.2, -0.15) is 10.5 Å². The van der Waals surface area contributed by atoms with Crippen molar-refractivity contribution in [1.29, 1.82) is 10.5 Å². The molecule has 0 spiro atoms. The third kappa shape index (κ3) is 2.95. The van der Waals surface area contributed by atoms with Crippen LogP contribution in [0.3, 0.4) is 0 Å². The lowest BCUT2D eigenvalue weighted by molar-refractivity contribution is 0.537. The van der Waals surface area contributed by atoms with E-state index in [4.69, 9.17) is 19.4 Å². The molecular formula is C23H12N4O2. The molecule has 2 aromatic carbocycles. The zero-order valence-electron chi connectivity index (χ0n) is 15.0. The van der Waals surface area contributed by atoms with Crippen LogP contribution in [-0.4, -0.2) is 9.97 Å². The number of benzene rings is 2. The Morgan fingerprint density at radius 2 is 1.31 bits per heavy atom. The van der Waals surface area contributed by atoms with Gasteiger partial charge >= 0.3 is 0 Å². The van der Waals surface area contributed by atoms with Crippen molar-refractivity contribution >= 4 is 11.0 Å². The van der Waals surface area contributed by atoms with Gasteiger partial charge in [0, 0.05) is 5.56 Å². The number of nitrogens with one attached hydrogen (secondary N) is 1. The van der Waals surface area contributed by atoms with Crippen LogP contribution in [0, 0.1) is 22.7 Å². The minimum atomic E-state index is 0.568. The van der Waals surface area contributed by atoms with E-state index in [0.29, 0.717) is 40.0 Å². The summed E-state index contributed by atoms with van der Waals surface area (Å²) in [5.41, 5.74) is 3.59. The van der Waals surface area contributed by atoms with Gasteiger partial charge in [-0.15, -0.1) is 0 Å². The standard InChI is InChI=1S/C23H12N4O2/c24-12-14-1-4-16(5-2-14)19-7-8-20(28-19)21-9-10-22(29-21)23-26-17-6-3-15(13-25)11-18(17)27-23/h1-11H,(H,26,27). The second-order valence-electron chi connectivity index (χ2n) is 6.45. The van der Waals surface area contributed by atoms with Crippen LogP contribution in [0.4, 0.5) is 0 Å². The quantitative estimate of drug-likeness (QED) is 0.448. The van der Waals surface area contributed by atoms with Gasteiger partial charge in [-0.1, -0.05) is 0 Å². The van der Waals surface area contributed by atoms with Crippen LogP contribution >= 0.6 is 0 Å². The number of nitriles is 2. The summed E-state index contributed by atoms with van der Waals surface area (Å²) in [6.45, 7) is 0. The lowest BCUT2D eigenvalue weighted by Crippen LogP contribution is -1.76. The Labute approximate surface area is 165 Å². The molecule has 6 nitrogen and oxygen atoms in total. The lowest BCUT2D eigenvalue weighted by Gasteiger charge is -1.97. The van der Waals surface area contributed by atoms with Crippen molar-refractivity contribution < 1.29 is 8.83 Å². The van der Waals surface area contributed by atoms with Crippen LogP contribution in [0.15, 0.2) is 75.6 Å². The third-order valence-electron chi connectivity index (χ3n) is 4.60. The van der Waals surface area contributed by atoms with Crippen molar-refractivity contribution in [3.8, 4) is 46.6 Å². The Morgan fingerprint density at radius 1 is 0.690 bits per heavy atom. The van der Waals surface area contributed by atoms with Gasteiger partial charge in [0.2, 0.25) is 0 Å². The predicted octanol–water partition coefficient (Wildman–Crippen LogP) is 5.49. The second kappa shape index (κ2) is 6.56. The topological polar surface area (TPSA) is 103 Å². The molecule has 0 unspecified atom stereocenters. The summed E-state index contributed by atoms with van der Waals surface area (Å²) < 4.78 is 11.9. The van der Waals surface area contributed by atoms with E-state index in [1.54, 1.807) is 30.3 Å². The largest absolute Gasteiger partial charge is 0.453 e. The number of aromatic nitrogens is 2. The maximum Gasteiger partial charge on any atom is 0.174 e. The molecule has 29 heavy (non-hydrogen) atoms. The van der Waals surface area contributed by atoms with E-state index in [-0.39, 0.29) is 0 Å². The highest BCUT2D eigenvalue weighted by molar-refractivity contribution is 5.80. The third-order valence-corrected chi connectivity index (χ3v) is 4.60. The molecular weight excluding hydrogens is 364 g/mol. The number of hydrogen-bond acceptors (Lipinski definition) is 5. The fraction of sp³-hybridized carbons (Fsp3) is 0. The van der Waals surface area contributed by atoms with Crippen LogP contribution in [0.25, 0.3) is 45.5 Å². The Hall–Kier alpha value is -4.55. The minimum absolute atomic E-state index is 0.568. The fourth-order valence-corrected chi connectivity index (χ4v) is 3.13. The molecule has 5 aromatic rings. The second-order valence-corrected chi connectivity index (χ2v) is 6.45. The molecule has 0 aliphatic carbocycles. The molecule has 0 amide bonds. The zero-order chi connectivity index (χ0) is 19.8. The average Bonchev–Trinajstić information content (AvgIpc) is 3.51. The van der Waals surface area contributed by atoms with Gasteiger partial charge < -0.3 is 13.8 Å². The van der Waals surface area contributed by atoms with E-state index >= 15 is 0 Å². The van der Waals surface area contributed by atoms with E-state index in [1.165, 1.54) is 0 Å². The van der Waals surface area contributed by atoms with Crippen molar-refractivity contribution in [2.24, 2.45) is 0 Å². The van der Waals surface area contributed by atoms with Crippen LogP contribution in [-0.2, 0) is 0 Å². The first-order chi connectivity index (χ1) is 14.2. The van der Waals surface area contributed by atoms with Crippen LogP contribution in [0.1, 0.15) is 11.1 Å². The molecule has 0 aliphatic heterocycles. The average molecular weight is 376 g/mol. The molecule has 0 radical (unpaired) electrons. The number of imidazole rings is 1. The normalized spacial score (nSPS) is 10.7. The molecule has 3 aromatic heterocycles. The molecule has 0 atom stereocenters. The van der Waals surface area contributed by atoms with Gasteiger partial charge in [0.1, 0.15) is 5.76 Å². The van der Waals surface area contributed by atoms with Gasteiger partial charge in [0.05, 0.1) is 34.3 Å². The predicted molar refractivity (Wildman–Crippen MR) is 106 cm³/mol. The highest BCUT2D eigenvalue weighted by Crippen LogP contribution is 2.32. The molecule has 136 valence electrons. The number of furan rings is 2. The number of nitrogens with zero attached hydrogens (tertiary/aromatic N) is 3. The molecule has 3 heterocycles. The van der Waals surface area contributed by atoms with Crippen molar-refractivity contribution in [2.75, 3.05) is 0 Å². The molecule has 1 N–H and O–H groups in total. The van der Waals surface area contributed by atoms with E-state index in [2.05, 4.69) is 22.1 Å². The number of fused-ring (bicyclic) bond motifs is 1. The maximum atomic E-state index is 9.03. The smallest absolute Gasteiger partial charge is 0.174 e. The van der Waals surface area contributed by atoms with Gasteiger partial charge in [-0.05, 0) is 66.7 Å². The number of hydrogen-bond donors (Lipinski definition) is 1. The van der Waals surface area contributed by atoms with Crippen LogP contribution < -0.4 is 0 Å². The van der Waals surface area contributed by atoms with Gasteiger partial charge in [0.25, 0.3) is 0 Å². The summed E-state index contributed by atoms with van der Waals surface area (Å²) in [6.07, 6.45) is 0. The Morgan fingerprint density at radius 3 is 2.03 bits per heavy atom. The zero-order valence-corrected chi connectivity index (χ0v) is 15.0. The van der Waals surface area contributed by atoms with E-state index < -0.39 is 0 Å². The van der Waals surface area contributed by atoms with Crippen LogP contribution in [0.5, 0.6) is 0 Å². The van der Waals surface area contributed by atoms with E-state index in [1.807, 2.05) is 36.4 Å². The Balaban J connectivity index is 1.45. The van der Waals surface area contributed by atoms with Gasteiger partial charge in [0.15, 0.2) is 23.1 Å². The minimum Gasteiger partial charge on any atom is -0.453 e. The van der Waals surface area contributed by atoms with E-state index in [0.717, 1.165) is 16.6 Å². The maximum absolute atomic E-state index is 9.03. The first-order valence-electron chi connectivity index (χ1n) is 8.84. The van der Waals surface area contributed by atoms with Gasteiger partial charge in [-0.3, -0.25) is 0 Å². The van der Waals surface area contributed by atoms with E-state index in [9.17, 15) is 0 Å². The molecule has 0 fully saturated rings. The summed E-state index contributed by atoms with van der Waals surface area (Å²) in [7, 11) is 0. The van der Waals surface area contributed by atoms with Crippen molar-refractivity contribution in [3.63, 3.8) is 0 Å². The monoisotopic (exact) mass is 376 g/mol. The first kappa shape index (κ1) is 16.6. The number of aromatic amines is 1. The molecule has 0 aliphatic rings. The number of rotatable bonds is 3. The Kier molecular flexibility index (Phi) is 3.76. The fourth-order valence-electron chi connectivity index (χ4n) is 3.13. The molecule has 6 heteroatoms. The highest BCUT2D eigenvalue weighted by atomic mass is 16.4.